The molecular weight excluding hydrogens is 264 g/mol. The molecule has 4 heteroatoms. The van der Waals surface area contributed by atoms with E-state index in [9.17, 15) is 9.59 Å². The van der Waals surface area contributed by atoms with Crippen LogP contribution < -0.4 is 11.2 Å². The quantitative estimate of drug-likeness (QED) is 0.887. The van der Waals surface area contributed by atoms with Gasteiger partial charge in [-0.3, -0.25) is 14.3 Å². The van der Waals surface area contributed by atoms with Gasteiger partial charge >= 0.3 is 5.69 Å². The Hall–Kier alpha value is -2.10. The molecule has 0 aliphatic carbocycles. The lowest BCUT2D eigenvalue weighted by Gasteiger charge is -2.15. The van der Waals surface area contributed by atoms with E-state index in [-0.39, 0.29) is 11.2 Å². The number of nitrogens with zero attached hydrogens (tertiary/aromatic N) is 1. The average Bonchev–Trinajstić information content (AvgIpc) is 2.48. The number of hydrogen-bond acceptors (Lipinski definition) is 2. The van der Waals surface area contributed by atoms with Gasteiger partial charge < -0.3 is 0 Å². The van der Waals surface area contributed by atoms with Crippen molar-refractivity contribution in [1.29, 1.82) is 0 Å². The normalized spacial score (nSPS) is 10.8. The van der Waals surface area contributed by atoms with Gasteiger partial charge in [0.2, 0.25) is 0 Å². The number of aromatic amines is 1. The van der Waals surface area contributed by atoms with E-state index >= 15 is 0 Å². The zero-order chi connectivity index (χ0) is 15.2. The minimum Gasteiger partial charge on any atom is -0.297 e. The molecular formula is C17H22N2O2. The predicted octanol–water partition coefficient (Wildman–Crippen LogP) is 2.49. The highest BCUT2D eigenvalue weighted by atomic mass is 16.2. The number of unbranched alkanes of at least 4 members (excludes halogenated alkanes) is 1. The van der Waals surface area contributed by atoms with Gasteiger partial charge in [0.05, 0.1) is 0 Å². The SMILES string of the molecule is CCCCn1c(Cc2ccccc2)c(CC)c(=O)[nH]c1=O. The van der Waals surface area contributed by atoms with E-state index in [1.807, 2.05) is 37.3 Å². The third-order valence-corrected chi connectivity index (χ3v) is 3.72. The molecule has 0 atom stereocenters. The molecule has 2 aromatic rings. The molecule has 0 radical (unpaired) electrons. The van der Waals surface area contributed by atoms with Crippen LogP contribution >= 0.6 is 0 Å². The highest BCUT2D eigenvalue weighted by Crippen LogP contribution is 2.12. The van der Waals surface area contributed by atoms with Crippen LogP contribution in [-0.4, -0.2) is 9.55 Å². The summed E-state index contributed by atoms with van der Waals surface area (Å²) in [5, 5.41) is 0. The van der Waals surface area contributed by atoms with Crippen LogP contribution in [-0.2, 0) is 19.4 Å². The van der Waals surface area contributed by atoms with Crippen molar-refractivity contribution in [2.45, 2.75) is 46.1 Å². The van der Waals surface area contributed by atoms with Crippen molar-refractivity contribution >= 4 is 0 Å². The zero-order valence-corrected chi connectivity index (χ0v) is 12.7. The van der Waals surface area contributed by atoms with E-state index in [1.54, 1.807) is 4.57 Å². The third-order valence-electron chi connectivity index (χ3n) is 3.72. The molecule has 0 unspecified atom stereocenters. The number of hydrogen-bond donors (Lipinski definition) is 1. The Kier molecular flexibility index (Phi) is 5.14. The molecule has 0 aliphatic rings. The Labute approximate surface area is 124 Å². The lowest BCUT2D eigenvalue weighted by molar-refractivity contribution is 0.569. The summed E-state index contributed by atoms with van der Waals surface area (Å²) in [6.07, 6.45) is 3.19. The summed E-state index contributed by atoms with van der Waals surface area (Å²) in [5.74, 6) is 0. The van der Waals surface area contributed by atoms with E-state index < -0.39 is 0 Å². The topological polar surface area (TPSA) is 54.9 Å². The lowest BCUT2D eigenvalue weighted by Crippen LogP contribution is -2.35. The summed E-state index contributed by atoms with van der Waals surface area (Å²) in [6.45, 7) is 4.70. The molecule has 1 N–H and O–H groups in total. The van der Waals surface area contributed by atoms with Gasteiger partial charge in [0, 0.05) is 24.2 Å². The largest absolute Gasteiger partial charge is 0.328 e. The van der Waals surface area contributed by atoms with Crippen LogP contribution in [0.4, 0.5) is 0 Å². The second kappa shape index (κ2) is 7.07. The first-order chi connectivity index (χ1) is 10.2. The maximum Gasteiger partial charge on any atom is 0.328 e. The molecule has 21 heavy (non-hydrogen) atoms. The van der Waals surface area contributed by atoms with Gasteiger partial charge in [0.1, 0.15) is 0 Å². The Morgan fingerprint density at radius 1 is 1.10 bits per heavy atom. The molecule has 0 spiro atoms. The maximum atomic E-state index is 12.1. The van der Waals surface area contributed by atoms with Crippen LogP contribution in [0.25, 0.3) is 0 Å². The third kappa shape index (κ3) is 3.51. The van der Waals surface area contributed by atoms with E-state index in [0.29, 0.717) is 19.4 Å². The van der Waals surface area contributed by atoms with E-state index in [4.69, 9.17) is 0 Å². The van der Waals surface area contributed by atoms with Crippen molar-refractivity contribution in [2.75, 3.05) is 0 Å². The van der Waals surface area contributed by atoms with Crippen molar-refractivity contribution in [1.82, 2.24) is 9.55 Å². The van der Waals surface area contributed by atoms with Crippen molar-refractivity contribution in [2.24, 2.45) is 0 Å². The Morgan fingerprint density at radius 2 is 1.81 bits per heavy atom. The summed E-state index contributed by atoms with van der Waals surface area (Å²) < 4.78 is 1.73. The molecule has 4 nitrogen and oxygen atoms in total. The highest BCUT2D eigenvalue weighted by molar-refractivity contribution is 5.27. The number of benzene rings is 1. The first-order valence-electron chi connectivity index (χ1n) is 7.56. The van der Waals surface area contributed by atoms with Gasteiger partial charge in [-0.25, -0.2) is 4.79 Å². The minimum atomic E-state index is -0.295. The van der Waals surface area contributed by atoms with Crippen LogP contribution in [0.1, 0.15) is 43.5 Å². The van der Waals surface area contributed by atoms with Crippen molar-refractivity contribution < 1.29 is 0 Å². The zero-order valence-electron chi connectivity index (χ0n) is 12.7. The molecule has 0 amide bonds. The van der Waals surface area contributed by atoms with Crippen molar-refractivity contribution in [3.63, 3.8) is 0 Å². The van der Waals surface area contributed by atoms with Crippen molar-refractivity contribution in [3.05, 3.63) is 68.0 Å². The van der Waals surface area contributed by atoms with E-state index in [2.05, 4.69) is 11.9 Å². The summed E-state index contributed by atoms with van der Waals surface area (Å²) in [5.41, 5.74) is 2.14. The van der Waals surface area contributed by atoms with Gasteiger partial charge in [-0.2, -0.15) is 0 Å². The molecule has 0 saturated carbocycles. The highest BCUT2D eigenvalue weighted by Gasteiger charge is 2.13. The summed E-state index contributed by atoms with van der Waals surface area (Å²) in [4.78, 5) is 26.6. The minimum absolute atomic E-state index is 0.249. The maximum absolute atomic E-state index is 12.1. The molecule has 1 aromatic carbocycles. The van der Waals surface area contributed by atoms with Crippen LogP contribution in [0, 0.1) is 0 Å². The van der Waals surface area contributed by atoms with Gasteiger partial charge in [-0.05, 0) is 18.4 Å². The summed E-state index contributed by atoms with van der Waals surface area (Å²) in [6, 6.07) is 9.96. The Bertz CT molecular complexity index is 699. The molecule has 0 saturated heterocycles. The number of rotatable bonds is 6. The second-order valence-electron chi connectivity index (χ2n) is 5.21. The molecule has 2 rings (SSSR count). The molecule has 0 bridgehead atoms. The van der Waals surface area contributed by atoms with E-state index in [1.165, 1.54) is 0 Å². The number of H-pyrrole nitrogens is 1. The molecule has 0 fully saturated rings. The fourth-order valence-corrected chi connectivity index (χ4v) is 2.57. The fraction of sp³-hybridized carbons (Fsp3) is 0.412. The van der Waals surface area contributed by atoms with Gasteiger partial charge in [-0.15, -0.1) is 0 Å². The standard InChI is InChI=1S/C17H22N2O2/c1-3-5-11-19-15(12-13-9-7-6-8-10-13)14(4-2)16(20)18-17(19)21/h6-10H,3-5,11-12H2,1-2H3,(H,18,20,21). The molecule has 1 heterocycles. The van der Waals surface area contributed by atoms with Gasteiger partial charge in [-0.1, -0.05) is 50.6 Å². The van der Waals surface area contributed by atoms with Gasteiger partial charge in [0.25, 0.3) is 5.56 Å². The predicted molar refractivity (Wildman–Crippen MR) is 84.9 cm³/mol. The van der Waals surface area contributed by atoms with Crippen LogP contribution in [0.3, 0.4) is 0 Å². The van der Waals surface area contributed by atoms with Crippen LogP contribution in [0.5, 0.6) is 0 Å². The average molecular weight is 286 g/mol. The summed E-state index contributed by atoms with van der Waals surface area (Å²) in [7, 11) is 0. The lowest BCUT2D eigenvalue weighted by atomic mass is 10.0. The smallest absolute Gasteiger partial charge is 0.297 e. The summed E-state index contributed by atoms with van der Waals surface area (Å²) >= 11 is 0. The molecule has 112 valence electrons. The first-order valence-corrected chi connectivity index (χ1v) is 7.56. The number of aromatic nitrogens is 2. The van der Waals surface area contributed by atoms with E-state index in [0.717, 1.165) is 29.7 Å². The Balaban J connectivity index is 2.53. The Morgan fingerprint density at radius 3 is 2.43 bits per heavy atom. The fourth-order valence-electron chi connectivity index (χ4n) is 2.57. The first kappa shape index (κ1) is 15.3. The number of nitrogens with one attached hydrogen (secondary N) is 1. The second-order valence-corrected chi connectivity index (χ2v) is 5.21. The molecule has 1 aromatic heterocycles. The van der Waals surface area contributed by atoms with Crippen LogP contribution in [0.15, 0.2) is 39.9 Å². The van der Waals surface area contributed by atoms with Crippen molar-refractivity contribution in [3.8, 4) is 0 Å². The van der Waals surface area contributed by atoms with Crippen LogP contribution in [0.2, 0.25) is 0 Å². The van der Waals surface area contributed by atoms with Gasteiger partial charge in [0.15, 0.2) is 0 Å². The molecule has 0 aliphatic heterocycles. The monoisotopic (exact) mass is 286 g/mol.